The molecule has 146 valence electrons. The van der Waals surface area contributed by atoms with Gasteiger partial charge in [-0.05, 0) is 37.3 Å². The van der Waals surface area contributed by atoms with E-state index in [1.165, 1.54) is 31.2 Å². The summed E-state index contributed by atoms with van der Waals surface area (Å²) in [5, 5.41) is 3.31. The Morgan fingerprint density at radius 2 is 2.19 bits per heavy atom. The van der Waals surface area contributed by atoms with Crippen molar-refractivity contribution in [1.29, 1.82) is 0 Å². The van der Waals surface area contributed by atoms with Crippen LogP contribution in [0.15, 0.2) is 24.5 Å². The standard InChI is InChI=1S/C22H31N3O2/c26-21(17-6-2-1-3-7-17)24-12-18-19-14-25(13-16-5-4-10-23-11-16)15-22(19)9-8-20(18)27-22/h4-5,10-11,17-20H,1-3,6-9,12-15H2,(H,24,26)/t18-,19+,20+,22+/m0/s1. The predicted octanol–water partition coefficient (Wildman–Crippen LogP) is 2.76. The third-order valence-electron chi connectivity index (χ3n) is 7.47. The van der Waals surface area contributed by atoms with Crippen molar-refractivity contribution >= 4 is 5.91 Å². The smallest absolute Gasteiger partial charge is 0.223 e. The second-order valence-electron chi connectivity index (χ2n) is 9.14. The fourth-order valence-corrected chi connectivity index (χ4v) is 6.16. The number of pyridine rings is 1. The van der Waals surface area contributed by atoms with E-state index in [2.05, 4.69) is 21.3 Å². The second kappa shape index (κ2) is 7.17. The van der Waals surface area contributed by atoms with E-state index in [-0.39, 0.29) is 17.4 Å². The average molecular weight is 370 g/mol. The molecular formula is C22H31N3O2. The predicted molar refractivity (Wildman–Crippen MR) is 103 cm³/mol. The monoisotopic (exact) mass is 369 g/mol. The summed E-state index contributed by atoms with van der Waals surface area (Å²) in [7, 11) is 0. The van der Waals surface area contributed by atoms with Crippen molar-refractivity contribution in [3.05, 3.63) is 30.1 Å². The minimum Gasteiger partial charge on any atom is -0.370 e. The Morgan fingerprint density at radius 1 is 1.30 bits per heavy atom. The number of hydrogen-bond donors (Lipinski definition) is 1. The maximum atomic E-state index is 12.6. The summed E-state index contributed by atoms with van der Waals surface area (Å²) < 4.78 is 6.53. The van der Waals surface area contributed by atoms with Gasteiger partial charge in [-0.25, -0.2) is 0 Å². The van der Waals surface area contributed by atoms with E-state index in [0.717, 1.165) is 45.4 Å². The molecule has 5 nitrogen and oxygen atoms in total. The van der Waals surface area contributed by atoms with Crippen LogP contribution in [0.5, 0.6) is 0 Å². The summed E-state index contributed by atoms with van der Waals surface area (Å²) in [5.41, 5.74) is 1.30. The van der Waals surface area contributed by atoms with Crippen molar-refractivity contribution in [1.82, 2.24) is 15.2 Å². The van der Waals surface area contributed by atoms with Crippen LogP contribution in [0.25, 0.3) is 0 Å². The van der Waals surface area contributed by atoms with E-state index in [0.29, 0.717) is 17.9 Å². The largest absolute Gasteiger partial charge is 0.370 e. The number of nitrogens with one attached hydrogen (secondary N) is 1. The normalized spacial score (nSPS) is 36.1. The van der Waals surface area contributed by atoms with Crippen LogP contribution in [0.2, 0.25) is 0 Å². The Morgan fingerprint density at radius 3 is 3.00 bits per heavy atom. The Balaban J connectivity index is 1.21. The van der Waals surface area contributed by atoms with Crippen molar-refractivity contribution in [2.45, 2.75) is 63.2 Å². The van der Waals surface area contributed by atoms with E-state index < -0.39 is 0 Å². The SMILES string of the molecule is O=C(NC[C@H]1[C@H]2CN(Cc3cccnc3)C[C@]23CC[C@H]1O3)C1CCCCC1. The van der Waals surface area contributed by atoms with Crippen LogP contribution in [0.3, 0.4) is 0 Å². The fourth-order valence-electron chi connectivity index (χ4n) is 6.16. The molecule has 27 heavy (non-hydrogen) atoms. The first-order valence-corrected chi connectivity index (χ1v) is 10.8. The van der Waals surface area contributed by atoms with Crippen LogP contribution < -0.4 is 5.32 Å². The third-order valence-corrected chi connectivity index (χ3v) is 7.47. The first-order valence-electron chi connectivity index (χ1n) is 10.8. The van der Waals surface area contributed by atoms with E-state index >= 15 is 0 Å². The van der Waals surface area contributed by atoms with Crippen LogP contribution in [0, 0.1) is 17.8 Å². The molecule has 1 aliphatic carbocycles. The average Bonchev–Trinajstić information content (AvgIpc) is 3.35. The minimum absolute atomic E-state index is 0.0348. The molecule has 1 aromatic heterocycles. The van der Waals surface area contributed by atoms with Gasteiger partial charge in [0.15, 0.2) is 0 Å². The molecule has 5 rings (SSSR count). The van der Waals surface area contributed by atoms with Crippen LogP contribution >= 0.6 is 0 Å². The van der Waals surface area contributed by atoms with Gasteiger partial charge < -0.3 is 10.1 Å². The van der Waals surface area contributed by atoms with E-state index in [1.54, 1.807) is 0 Å². The minimum atomic E-state index is 0.0348. The molecule has 4 heterocycles. The quantitative estimate of drug-likeness (QED) is 0.867. The number of ether oxygens (including phenoxy) is 1. The molecule has 4 aliphatic rings. The summed E-state index contributed by atoms with van der Waals surface area (Å²) in [6, 6.07) is 4.16. The highest BCUT2D eigenvalue weighted by molar-refractivity contribution is 5.78. The molecular weight excluding hydrogens is 338 g/mol. The molecule has 0 aromatic carbocycles. The van der Waals surface area contributed by atoms with Gasteiger partial charge in [0.1, 0.15) is 0 Å². The first-order chi connectivity index (χ1) is 13.2. The van der Waals surface area contributed by atoms with Crippen molar-refractivity contribution in [2.75, 3.05) is 19.6 Å². The topological polar surface area (TPSA) is 54.5 Å². The highest BCUT2D eigenvalue weighted by Gasteiger charge is 2.62. The first kappa shape index (κ1) is 17.6. The van der Waals surface area contributed by atoms with Crippen molar-refractivity contribution in [3.8, 4) is 0 Å². The maximum absolute atomic E-state index is 12.6. The molecule has 1 aromatic rings. The van der Waals surface area contributed by atoms with E-state index in [1.807, 2.05) is 18.5 Å². The summed E-state index contributed by atoms with van der Waals surface area (Å²) in [4.78, 5) is 19.4. The molecule has 3 saturated heterocycles. The molecule has 3 aliphatic heterocycles. The molecule has 1 N–H and O–H groups in total. The molecule has 1 spiro atoms. The van der Waals surface area contributed by atoms with Crippen molar-refractivity contribution < 1.29 is 9.53 Å². The lowest BCUT2D eigenvalue weighted by Crippen LogP contribution is -2.43. The van der Waals surface area contributed by atoms with Gasteiger partial charge in [-0.1, -0.05) is 25.3 Å². The van der Waals surface area contributed by atoms with Gasteiger partial charge >= 0.3 is 0 Å². The number of fused-ring (bicyclic) bond motifs is 1. The highest BCUT2D eigenvalue weighted by Crippen LogP contribution is 2.54. The number of rotatable bonds is 5. The highest BCUT2D eigenvalue weighted by atomic mass is 16.5. The molecule has 4 atom stereocenters. The number of carbonyl (C=O) groups is 1. The number of hydrogen-bond acceptors (Lipinski definition) is 4. The second-order valence-corrected chi connectivity index (χ2v) is 9.14. The number of carbonyl (C=O) groups excluding carboxylic acids is 1. The number of amides is 1. The van der Waals surface area contributed by atoms with Crippen LogP contribution in [0.4, 0.5) is 0 Å². The molecule has 1 amide bonds. The zero-order valence-electron chi connectivity index (χ0n) is 16.1. The summed E-state index contributed by atoms with van der Waals surface area (Å²) in [5.74, 6) is 1.57. The third kappa shape index (κ3) is 3.29. The molecule has 1 saturated carbocycles. The summed E-state index contributed by atoms with van der Waals surface area (Å²) in [6.07, 6.45) is 12.3. The molecule has 0 radical (unpaired) electrons. The zero-order chi connectivity index (χ0) is 18.3. The Labute approximate surface area is 161 Å². The molecule has 4 fully saturated rings. The Kier molecular flexibility index (Phi) is 4.68. The molecule has 2 bridgehead atoms. The summed E-state index contributed by atoms with van der Waals surface area (Å²) in [6.45, 7) is 3.85. The maximum Gasteiger partial charge on any atom is 0.223 e. The van der Waals surface area contributed by atoms with Crippen molar-refractivity contribution in [3.63, 3.8) is 0 Å². The van der Waals surface area contributed by atoms with Crippen LogP contribution in [-0.4, -0.2) is 47.1 Å². The lowest BCUT2D eigenvalue weighted by molar-refractivity contribution is -0.126. The Bertz CT molecular complexity index is 675. The van der Waals surface area contributed by atoms with E-state index in [9.17, 15) is 4.79 Å². The van der Waals surface area contributed by atoms with Gasteiger partial charge in [-0.3, -0.25) is 14.7 Å². The van der Waals surface area contributed by atoms with Crippen LogP contribution in [0.1, 0.15) is 50.5 Å². The number of nitrogens with zero attached hydrogens (tertiary/aromatic N) is 2. The Hall–Kier alpha value is -1.46. The van der Waals surface area contributed by atoms with Gasteiger partial charge in [0.25, 0.3) is 0 Å². The van der Waals surface area contributed by atoms with Crippen molar-refractivity contribution in [2.24, 2.45) is 17.8 Å². The summed E-state index contributed by atoms with van der Waals surface area (Å²) >= 11 is 0. The van der Waals surface area contributed by atoms with Gasteiger partial charge in [0, 0.05) is 56.3 Å². The van der Waals surface area contributed by atoms with Gasteiger partial charge in [0.05, 0.1) is 11.7 Å². The van der Waals surface area contributed by atoms with E-state index in [4.69, 9.17) is 4.74 Å². The van der Waals surface area contributed by atoms with Gasteiger partial charge in [-0.15, -0.1) is 0 Å². The van der Waals surface area contributed by atoms with Gasteiger partial charge in [0.2, 0.25) is 5.91 Å². The lowest BCUT2D eigenvalue weighted by atomic mass is 9.73. The number of likely N-dealkylation sites (tertiary alicyclic amines) is 1. The van der Waals surface area contributed by atoms with Gasteiger partial charge in [-0.2, -0.15) is 0 Å². The molecule has 5 heteroatoms. The molecule has 0 unspecified atom stereocenters. The number of aromatic nitrogens is 1. The fraction of sp³-hybridized carbons (Fsp3) is 0.727. The van der Waals surface area contributed by atoms with Crippen LogP contribution in [-0.2, 0) is 16.1 Å². The lowest BCUT2D eigenvalue weighted by Gasteiger charge is -2.30. The zero-order valence-corrected chi connectivity index (χ0v) is 16.1.